The van der Waals surface area contributed by atoms with Crippen molar-refractivity contribution in [3.8, 4) is 11.5 Å². The predicted octanol–water partition coefficient (Wildman–Crippen LogP) is 4.03. The van der Waals surface area contributed by atoms with Crippen LogP contribution in [-0.2, 0) is 11.3 Å². The molecule has 0 atom stereocenters. The van der Waals surface area contributed by atoms with Crippen molar-refractivity contribution in [2.45, 2.75) is 26.3 Å². The number of hydrogen-bond acceptors (Lipinski definition) is 5. The first-order valence-electron chi connectivity index (χ1n) is 9.75. The van der Waals surface area contributed by atoms with E-state index in [0.29, 0.717) is 23.9 Å². The fourth-order valence-electron chi connectivity index (χ4n) is 3.46. The van der Waals surface area contributed by atoms with Gasteiger partial charge in [-0.3, -0.25) is 9.69 Å². The van der Waals surface area contributed by atoms with Crippen molar-refractivity contribution in [1.82, 2.24) is 15.0 Å². The van der Waals surface area contributed by atoms with E-state index in [-0.39, 0.29) is 17.6 Å². The molecule has 1 amide bonds. The van der Waals surface area contributed by atoms with Gasteiger partial charge in [-0.05, 0) is 69.3 Å². The zero-order valence-corrected chi connectivity index (χ0v) is 16.3. The minimum atomic E-state index is -0.316. The third kappa shape index (κ3) is 4.86. The number of anilines is 1. The number of carbonyl (C=O) groups excluding carboxylic acids is 1. The quantitative estimate of drug-likeness (QED) is 0.707. The largest absolute Gasteiger partial charge is 0.334 e. The van der Waals surface area contributed by atoms with Crippen LogP contribution in [0.1, 0.15) is 24.2 Å². The second kappa shape index (κ2) is 8.53. The van der Waals surface area contributed by atoms with Crippen molar-refractivity contribution < 1.29 is 13.7 Å². The van der Waals surface area contributed by atoms with Crippen molar-refractivity contribution in [3.05, 3.63) is 65.7 Å². The highest BCUT2D eigenvalue weighted by Crippen LogP contribution is 2.22. The summed E-state index contributed by atoms with van der Waals surface area (Å²) in [5.41, 5.74) is 2.71. The molecule has 150 valence electrons. The first-order valence-corrected chi connectivity index (χ1v) is 9.75. The molecule has 1 aromatic heterocycles. The molecule has 2 heterocycles. The Morgan fingerprint density at radius 1 is 1.14 bits per heavy atom. The summed E-state index contributed by atoms with van der Waals surface area (Å²) in [5.74, 6) is 0.786. The summed E-state index contributed by atoms with van der Waals surface area (Å²) in [6, 6.07) is 13.8. The molecule has 1 saturated heterocycles. The van der Waals surface area contributed by atoms with Gasteiger partial charge in [0.05, 0.1) is 6.54 Å². The predicted molar refractivity (Wildman–Crippen MR) is 108 cm³/mol. The standard InChI is InChI=1S/C22H23FN4O2/c1-15-2-4-17(5-3-15)22-25-20(26-29-22)14-27-12-10-16(11-13-27)21(28)24-19-8-6-18(23)7-9-19/h2-9,16H,10-14H2,1H3,(H,24,28). The molecule has 1 aliphatic rings. The molecule has 0 unspecified atom stereocenters. The van der Waals surface area contributed by atoms with Crippen LogP contribution < -0.4 is 5.32 Å². The number of likely N-dealkylation sites (tertiary alicyclic amines) is 1. The van der Waals surface area contributed by atoms with E-state index >= 15 is 0 Å². The van der Waals surface area contributed by atoms with Gasteiger partial charge in [-0.25, -0.2) is 4.39 Å². The van der Waals surface area contributed by atoms with Crippen molar-refractivity contribution in [1.29, 1.82) is 0 Å². The highest BCUT2D eigenvalue weighted by molar-refractivity contribution is 5.92. The number of piperidine rings is 1. The molecule has 3 aromatic rings. The molecule has 0 spiro atoms. The number of rotatable bonds is 5. The van der Waals surface area contributed by atoms with E-state index in [1.165, 1.54) is 17.7 Å². The van der Waals surface area contributed by atoms with E-state index in [9.17, 15) is 9.18 Å². The molecule has 4 rings (SSSR count). The normalized spacial score (nSPS) is 15.4. The lowest BCUT2D eigenvalue weighted by atomic mass is 9.96. The molecule has 1 N–H and O–H groups in total. The van der Waals surface area contributed by atoms with Gasteiger partial charge in [-0.1, -0.05) is 22.9 Å². The van der Waals surface area contributed by atoms with Crippen LogP contribution in [-0.4, -0.2) is 34.0 Å². The van der Waals surface area contributed by atoms with Gasteiger partial charge < -0.3 is 9.84 Å². The second-order valence-corrected chi connectivity index (χ2v) is 7.43. The average molecular weight is 394 g/mol. The first kappa shape index (κ1) is 19.3. The number of hydrogen-bond donors (Lipinski definition) is 1. The maximum absolute atomic E-state index is 13.0. The zero-order chi connectivity index (χ0) is 20.2. The lowest BCUT2D eigenvalue weighted by Crippen LogP contribution is -2.38. The van der Waals surface area contributed by atoms with E-state index in [0.717, 1.165) is 31.5 Å². The number of aryl methyl sites for hydroxylation is 1. The Balaban J connectivity index is 1.28. The van der Waals surface area contributed by atoms with Gasteiger partial charge in [0, 0.05) is 17.2 Å². The number of aromatic nitrogens is 2. The van der Waals surface area contributed by atoms with E-state index < -0.39 is 0 Å². The third-order valence-corrected chi connectivity index (χ3v) is 5.20. The van der Waals surface area contributed by atoms with Gasteiger partial charge in [0.15, 0.2) is 5.82 Å². The molecule has 7 heteroatoms. The van der Waals surface area contributed by atoms with Crippen molar-refractivity contribution in [2.24, 2.45) is 5.92 Å². The SMILES string of the molecule is Cc1ccc(-c2nc(CN3CCC(C(=O)Nc4ccc(F)cc4)CC3)no2)cc1. The molecule has 2 aromatic carbocycles. The van der Waals surface area contributed by atoms with E-state index in [4.69, 9.17) is 4.52 Å². The molecule has 6 nitrogen and oxygen atoms in total. The lowest BCUT2D eigenvalue weighted by molar-refractivity contribution is -0.121. The van der Waals surface area contributed by atoms with Gasteiger partial charge in [0.2, 0.25) is 5.91 Å². The van der Waals surface area contributed by atoms with Crippen LogP contribution in [0.25, 0.3) is 11.5 Å². The summed E-state index contributed by atoms with van der Waals surface area (Å²) < 4.78 is 18.4. The van der Waals surface area contributed by atoms with Crippen LogP contribution in [0.2, 0.25) is 0 Å². The summed E-state index contributed by atoms with van der Waals surface area (Å²) >= 11 is 0. The smallest absolute Gasteiger partial charge is 0.257 e. The lowest BCUT2D eigenvalue weighted by Gasteiger charge is -2.30. The Kier molecular flexibility index (Phi) is 5.67. The average Bonchev–Trinajstić information content (AvgIpc) is 3.19. The summed E-state index contributed by atoms with van der Waals surface area (Å²) in [7, 11) is 0. The van der Waals surface area contributed by atoms with Gasteiger partial charge in [0.1, 0.15) is 5.82 Å². The van der Waals surface area contributed by atoms with Crippen LogP contribution in [0.3, 0.4) is 0 Å². The van der Waals surface area contributed by atoms with Gasteiger partial charge in [-0.15, -0.1) is 0 Å². The summed E-state index contributed by atoms with van der Waals surface area (Å²) in [6.45, 7) is 4.21. The zero-order valence-electron chi connectivity index (χ0n) is 16.3. The highest BCUT2D eigenvalue weighted by atomic mass is 19.1. The van der Waals surface area contributed by atoms with Gasteiger partial charge in [0.25, 0.3) is 5.89 Å². The Labute approximate surface area is 168 Å². The topological polar surface area (TPSA) is 71.3 Å². The maximum atomic E-state index is 13.0. The Bertz CT molecular complexity index is 961. The minimum Gasteiger partial charge on any atom is -0.334 e. The van der Waals surface area contributed by atoms with Crippen LogP contribution in [0.5, 0.6) is 0 Å². The Hall–Kier alpha value is -3.06. The Morgan fingerprint density at radius 2 is 1.83 bits per heavy atom. The monoisotopic (exact) mass is 394 g/mol. The fourth-order valence-corrected chi connectivity index (χ4v) is 3.46. The highest BCUT2D eigenvalue weighted by Gasteiger charge is 2.26. The van der Waals surface area contributed by atoms with Crippen molar-refractivity contribution in [3.63, 3.8) is 0 Å². The molecule has 1 aliphatic heterocycles. The van der Waals surface area contributed by atoms with Gasteiger partial charge >= 0.3 is 0 Å². The van der Waals surface area contributed by atoms with Crippen LogP contribution in [0, 0.1) is 18.7 Å². The Morgan fingerprint density at radius 3 is 2.52 bits per heavy atom. The van der Waals surface area contributed by atoms with E-state index in [1.54, 1.807) is 12.1 Å². The molecule has 29 heavy (non-hydrogen) atoms. The molecule has 0 saturated carbocycles. The van der Waals surface area contributed by atoms with Crippen LogP contribution >= 0.6 is 0 Å². The number of nitrogens with one attached hydrogen (secondary N) is 1. The fraction of sp³-hybridized carbons (Fsp3) is 0.318. The number of nitrogens with zero attached hydrogens (tertiary/aromatic N) is 3. The molecular formula is C22H23FN4O2. The number of amides is 1. The molecule has 1 fully saturated rings. The van der Waals surface area contributed by atoms with E-state index in [1.807, 2.05) is 31.2 Å². The number of halogens is 1. The van der Waals surface area contributed by atoms with Crippen LogP contribution in [0.4, 0.5) is 10.1 Å². The van der Waals surface area contributed by atoms with E-state index in [2.05, 4.69) is 20.4 Å². The number of benzene rings is 2. The molecule has 0 aliphatic carbocycles. The summed E-state index contributed by atoms with van der Waals surface area (Å²) in [6.07, 6.45) is 1.52. The summed E-state index contributed by atoms with van der Waals surface area (Å²) in [5, 5.41) is 6.95. The van der Waals surface area contributed by atoms with Gasteiger partial charge in [-0.2, -0.15) is 4.98 Å². The van der Waals surface area contributed by atoms with Crippen molar-refractivity contribution in [2.75, 3.05) is 18.4 Å². The first-order chi connectivity index (χ1) is 14.1. The molecular weight excluding hydrogens is 371 g/mol. The van der Waals surface area contributed by atoms with Crippen molar-refractivity contribution >= 4 is 11.6 Å². The number of carbonyl (C=O) groups is 1. The van der Waals surface area contributed by atoms with Crippen LogP contribution in [0.15, 0.2) is 53.1 Å². The third-order valence-electron chi connectivity index (χ3n) is 5.20. The molecule has 0 radical (unpaired) electrons. The summed E-state index contributed by atoms with van der Waals surface area (Å²) in [4.78, 5) is 19.2. The molecule has 0 bridgehead atoms. The second-order valence-electron chi connectivity index (χ2n) is 7.43. The minimum absolute atomic E-state index is 0.0162. The maximum Gasteiger partial charge on any atom is 0.257 e.